The summed E-state index contributed by atoms with van der Waals surface area (Å²) in [6, 6.07) is 10.6. The largest absolute Gasteiger partial charge is 0.497 e. The van der Waals surface area contributed by atoms with Crippen molar-refractivity contribution >= 4 is 33.4 Å². The summed E-state index contributed by atoms with van der Waals surface area (Å²) in [7, 11) is -2.43. The quantitative estimate of drug-likeness (QED) is 0.528. The van der Waals surface area contributed by atoms with E-state index in [-0.39, 0.29) is 11.5 Å². The van der Waals surface area contributed by atoms with E-state index < -0.39 is 28.4 Å². The van der Waals surface area contributed by atoms with Crippen molar-refractivity contribution in [1.82, 2.24) is 15.6 Å². The third-order valence-corrected chi connectivity index (χ3v) is 5.47. The zero-order valence-electron chi connectivity index (χ0n) is 15.7. The van der Waals surface area contributed by atoms with Crippen molar-refractivity contribution < 1.29 is 27.5 Å². The number of methoxy groups -OCH3 is 1. The molecule has 0 atom stereocenters. The highest BCUT2D eigenvalue weighted by Crippen LogP contribution is 2.20. The topological polar surface area (TPSA) is 123 Å². The lowest BCUT2D eigenvalue weighted by Crippen LogP contribution is -2.47. The van der Waals surface area contributed by atoms with E-state index in [4.69, 9.17) is 21.1 Å². The third kappa shape index (κ3) is 6.93. The molecule has 2 aromatic rings. The van der Waals surface area contributed by atoms with Gasteiger partial charge in [0, 0.05) is 5.02 Å². The molecule has 0 bridgehead atoms. The van der Waals surface area contributed by atoms with Crippen LogP contribution in [0.2, 0.25) is 5.02 Å². The zero-order chi connectivity index (χ0) is 21.4. The predicted molar refractivity (Wildman–Crippen MR) is 106 cm³/mol. The lowest BCUT2D eigenvalue weighted by atomic mass is 10.2. The molecule has 0 spiro atoms. The van der Waals surface area contributed by atoms with Gasteiger partial charge in [0.05, 0.1) is 18.6 Å². The molecule has 11 heteroatoms. The zero-order valence-corrected chi connectivity index (χ0v) is 17.3. The monoisotopic (exact) mass is 441 g/mol. The Labute approximate surface area is 173 Å². The molecule has 2 amide bonds. The normalized spacial score (nSPS) is 10.9. The van der Waals surface area contributed by atoms with E-state index in [1.54, 1.807) is 25.1 Å². The van der Waals surface area contributed by atoms with Gasteiger partial charge in [-0.2, -0.15) is 0 Å². The Bertz CT molecular complexity index is 980. The van der Waals surface area contributed by atoms with Crippen LogP contribution < -0.4 is 25.0 Å². The number of nitrogens with one attached hydrogen (secondary N) is 3. The predicted octanol–water partition coefficient (Wildman–Crippen LogP) is 1.16. The second kappa shape index (κ2) is 10.1. The molecule has 0 fully saturated rings. The number of hydrogen-bond acceptors (Lipinski definition) is 6. The molecule has 0 unspecified atom stereocenters. The molecular formula is C18H20ClN3O6S. The average molecular weight is 442 g/mol. The lowest BCUT2D eigenvalue weighted by Gasteiger charge is -2.10. The van der Waals surface area contributed by atoms with E-state index >= 15 is 0 Å². The fourth-order valence-corrected chi connectivity index (χ4v) is 3.17. The van der Waals surface area contributed by atoms with E-state index in [0.29, 0.717) is 16.5 Å². The van der Waals surface area contributed by atoms with Gasteiger partial charge in [-0.25, -0.2) is 13.1 Å². The van der Waals surface area contributed by atoms with Crippen LogP contribution in [0.5, 0.6) is 11.5 Å². The second-order valence-electron chi connectivity index (χ2n) is 5.80. The molecule has 0 radical (unpaired) electrons. The highest BCUT2D eigenvalue weighted by Gasteiger charge is 2.16. The van der Waals surface area contributed by atoms with E-state index in [1.165, 1.54) is 31.4 Å². The maximum atomic E-state index is 12.1. The number of halogens is 1. The molecule has 2 aromatic carbocycles. The fourth-order valence-electron chi connectivity index (χ4n) is 2.07. The third-order valence-electron chi connectivity index (χ3n) is 3.63. The molecule has 3 N–H and O–H groups in total. The molecule has 0 aromatic heterocycles. The van der Waals surface area contributed by atoms with Crippen LogP contribution in [-0.2, 0) is 19.6 Å². The van der Waals surface area contributed by atoms with Crippen molar-refractivity contribution in [3.8, 4) is 11.5 Å². The number of hydrazine groups is 1. The molecule has 0 aliphatic heterocycles. The molecule has 0 aliphatic rings. The number of hydrogen-bond donors (Lipinski definition) is 3. The summed E-state index contributed by atoms with van der Waals surface area (Å²) in [6.45, 7) is 0.882. The Balaban J connectivity index is 1.75. The van der Waals surface area contributed by atoms with Crippen LogP contribution in [0.4, 0.5) is 0 Å². The van der Waals surface area contributed by atoms with Crippen LogP contribution in [-0.4, -0.2) is 40.5 Å². The van der Waals surface area contributed by atoms with Crippen LogP contribution in [0.25, 0.3) is 0 Å². The SMILES string of the molecule is COc1ccc(S(=O)(=O)NCC(=O)NNC(=O)COc2ccc(Cl)c(C)c2)cc1. The van der Waals surface area contributed by atoms with Crippen molar-refractivity contribution in [2.45, 2.75) is 11.8 Å². The van der Waals surface area contributed by atoms with Crippen LogP contribution in [0.3, 0.4) is 0 Å². The van der Waals surface area contributed by atoms with Gasteiger partial charge >= 0.3 is 0 Å². The van der Waals surface area contributed by atoms with Gasteiger partial charge in [-0.3, -0.25) is 20.4 Å². The first kappa shape index (κ1) is 22.5. The van der Waals surface area contributed by atoms with Crippen LogP contribution in [0, 0.1) is 6.92 Å². The highest BCUT2D eigenvalue weighted by atomic mass is 35.5. The summed E-state index contributed by atoms with van der Waals surface area (Å²) in [6.07, 6.45) is 0. The molecule has 0 heterocycles. The van der Waals surface area contributed by atoms with Crippen LogP contribution in [0.1, 0.15) is 5.56 Å². The number of sulfonamides is 1. The van der Waals surface area contributed by atoms with Crippen molar-refractivity contribution in [3.05, 3.63) is 53.1 Å². The number of amides is 2. The van der Waals surface area contributed by atoms with E-state index in [2.05, 4.69) is 15.6 Å². The Morgan fingerprint density at radius 3 is 2.24 bits per heavy atom. The summed E-state index contributed by atoms with van der Waals surface area (Å²) in [4.78, 5) is 23.5. The minimum atomic E-state index is -3.89. The van der Waals surface area contributed by atoms with Crippen molar-refractivity contribution in [2.75, 3.05) is 20.3 Å². The molecule has 2 rings (SSSR count). The molecule has 0 saturated carbocycles. The van der Waals surface area contributed by atoms with Gasteiger partial charge in [0.2, 0.25) is 10.0 Å². The summed E-state index contributed by atoms with van der Waals surface area (Å²) >= 11 is 5.91. The first-order chi connectivity index (χ1) is 13.7. The molecule has 0 saturated heterocycles. The first-order valence-corrected chi connectivity index (χ1v) is 10.2. The number of benzene rings is 2. The number of carbonyl (C=O) groups excluding carboxylic acids is 2. The van der Waals surface area contributed by atoms with Crippen LogP contribution >= 0.6 is 11.6 Å². The fraction of sp³-hybridized carbons (Fsp3) is 0.222. The minimum Gasteiger partial charge on any atom is -0.497 e. The summed E-state index contributed by atoms with van der Waals surface area (Å²) < 4.78 is 36.6. The summed E-state index contributed by atoms with van der Waals surface area (Å²) in [5, 5.41) is 0.575. The molecule has 156 valence electrons. The van der Waals surface area contributed by atoms with Crippen LogP contribution in [0.15, 0.2) is 47.4 Å². The minimum absolute atomic E-state index is 0.0261. The maximum absolute atomic E-state index is 12.1. The second-order valence-corrected chi connectivity index (χ2v) is 7.97. The van der Waals surface area contributed by atoms with Crippen molar-refractivity contribution in [3.63, 3.8) is 0 Å². The Kier molecular flexibility index (Phi) is 7.82. The van der Waals surface area contributed by atoms with E-state index in [1.807, 2.05) is 0 Å². The number of aryl methyl sites for hydroxylation is 1. The number of ether oxygens (including phenoxy) is 2. The van der Waals surface area contributed by atoms with Gasteiger partial charge in [-0.05, 0) is 55.0 Å². The number of rotatable bonds is 8. The Hall–Kier alpha value is -2.82. The highest BCUT2D eigenvalue weighted by molar-refractivity contribution is 7.89. The molecule has 0 aliphatic carbocycles. The van der Waals surface area contributed by atoms with Gasteiger partial charge in [0.25, 0.3) is 11.8 Å². The van der Waals surface area contributed by atoms with Gasteiger partial charge in [0.1, 0.15) is 11.5 Å². The number of carbonyl (C=O) groups is 2. The molecular weight excluding hydrogens is 422 g/mol. The first-order valence-electron chi connectivity index (χ1n) is 8.31. The van der Waals surface area contributed by atoms with Crippen molar-refractivity contribution in [1.29, 1.82) is 0 Å². The molecule has 9 nitrogen and oxygen atoms in total. The summed E-state index contributed by atoms with van der Waals surface area (Å²) in [5.74, 6) is -0.428. The van der Waals surface area contributed by atoms with E-state index in [9.17, 15) is 18.0 Å². The lowest BCUT2D eigenvalue weighted by molar-refractivity contribution is -0.129. The smallest absolute Gasteiger partial charge is 0.276 e. The van der Waals surface area contributed by atoms with Gasteiger partial charge < -0.3 is 9.47 Å². The molecule has 29 heavy (non-hydrogen) atoms. The standard InChI is InChI=1S/C18H20ClN3O6S/c1-12-9-14(5-8-16(12)19)28-11-18(24)22-21-17(23)10-20-29(25,26)15-6-3-13(27-2)4-7-15/h3-9,20H,10-11H2,1-2H3,(H,21,23)(H,22,24). The average Bonchev–Trinajstić information content (AvgIpc) is 2.71. The van der Waals surface area contributed by atoms with Gasteiger partial charge in [-0.15, -0.1) is 0 Å². The maximum Gasteiger partial charge on any atom is 0.276 e. The Morgan fingerprint density at radius 1 is 1.00 bits per heavy atom. The van der Waals surface area contributed by atoms with E-state index in [0.717, 1.165) is 5.56 Å². The Morgan fingerprint density at radius 2 is 1.62 bits per heavy atom. The van der Waals surface area contributed by atoms with Crippen molar-refractivity contribution in [2.24, 2.45) is 0 Å². The van der Waals surface area contributed by atoms with Gasteiger partial charge in [-0.1, -0.05) is 11.6 Å². The summed E-state index contributed by atoms with van der Waals surface area (Å²) in [5.41, 5.74) is 5.02. The van der Waals surface area contributed by atoms with Gasteiger partial charge in [0.15, 0.2) is 6.61 Å².